The summed E-state index contributed by atoms with van der Waals surface area (Å²) in [6, 6.07) is 18.2. The second-order valence-electron chi connectivity index (χ2n) is 17.0. The summed E-state index contributed by atoms with van der Waals surface area (Å²) in [5.41, 5.74) is 1.09. The van der Waals surface area contributed by atoms with Crippen molar-refractivity contribution < 1.29 is 42.9 Å². The fourth-order valence-electron chi connectivity index (χ4n) is 6.35. The van der Waals surface area contributed by atoms with Crippen molar-refractivity contribution in [3.63, 3.8) is 0 Å². The van der Waals surface area contributed by atoms with Gasteiger partial charge in [-0.15, -0.1) is 0 Å². The first-order valence-electron chi connectivity index (χ1n) is 23.7. The Morgan fingerprint density at radius 2 is 1.22 bits per heavy atom. The third-order valence-corrected chi connectivity index (χ3v) is 9.88. The molecule has 14 heteroatoms. The van der Waals surface area contributed by atoms with E-state index in [1.807, 2.05) is 88.4 Å². The van der Waals surface area contributed by atoms with Gasteiger partial charge in [0.2, 0.25) is 12.4 Å². The lowest BCUT2D eigenvalue weighted by atomic mass is 9.94. The maximum Gasteiger partial charge on any atom is 0.414 e. The zero-order valence-electron chi connectivity index (χ0n) is 40.2. The summed E-state index contributed by atoms with van der Waals surface area (Å²) in [6.45, 7) is 13.4. The van der Waals surface area contributed by atoms with Crippen LogP contribution in [-0.4, -0.2) is 67.7 Å². The smallest absolute Gasteiger partial charge is 0.414 e. The van der Waals surface area contributed by atoms with Gasteiger partial charge in [-0.1, -0.05) is 145 Å². The highest BCUT2D eigenvalue weighted by Crippen LogP contribution is 2.21. The number of carbonyl (C=O) groups is 3. The third kappa shape index (κ3) is 32.7. The Kier molecular flexibility index (Phi) is 33.4. The van der Waals surface area contributed by atoms with E-state index in [-0.39, 0.29) is 55.4 Å². The summed E-state index contributed by atoms with van der Waals surface area (Å²) in [5, 5.41) is 10.8. The molecular formula is C51H79N5O9. The van der Waals surface area contributed by atoms with Gasteiger partial charge < -0.3 is 29.6 Å². The monoisotopic (exact) mass is 906 g/mol. The molecule has 2 atom stereocenters. The van der Waals surface area contributed by atoms with Crippen molar-refractivity contribution in [3.8, 4) is 0 Å². The summed E-state index contributed by atoms with van der Waals surface area (Å²) in [7, 11) is 0. The van der Waals surface area contributed by atoms with Crippen molar-refractivity contribution in [1.82, 2.24) is 21.3 Å². The van der Waals surface area contributed by atoms with Gasteiger partial charge in [0.05, 0.1) is 12.5 Å². The standard InChI is InChI=1S/C28H34N4O6.C23H45NO3/c1-21(30-25(18-34)38-28(2,3)4)15-16-29-26(32-27(35)37-20-23-13-9-6-10-14-23)31-24(17-33)36-19-22-11-7-5-8-12-22;1-3-5-7-9-10-14-18-22(17-13-8-6-4-2)23(26)27-20-16-12-11-15-19-24-21-25/h5-14,21,30H,15-16,19-20H2,1-4H3,(H2,29,31,32,35);21-22H,3-20H2,1-2H3,(H,24,25). The Balaban J connectivity index is 0.000000692. The summed E-state index contributed by atoms with van der Waals surface area (Å²) in [6.07, 6.45) is 18.9. The quantitative estimate of drug-likeness (QED) is 0.0102. The Morgan fingerprint density at radius 3 is 1.78 bits per heavy atom. The fourth-order valence-corrected chi connectivity index (χ4v) is 6.35. The minimum atomic E-state index is -0.774. The first-order valence-corrected chi connectivity index (χ1v) is 23.7. The molecule has 2 rings (SSSR count). The number of alkyl carbamates (subject to hydrolysis) is 1. The maximum absolute atomic E-state index is 12.5. The van der Waals surface area contributed by atoms with E-state index in [0.717, 1.165) is 75.4 Å². The molecule has 0 heterocycles. The molecule has 2 aromatic rings. The summed E-state index contributed by atoms with van der Waals surface area (Å²) in [5.74, 6) is 3.24. The Bertz CT molecular complexity index is 1690. The lowest BCUT2D eigenvalue weighted by molar-refractivity contribution is -0.149. The van der Waals surface area contributed by atoms with Gasteiger partial charge in [0.1, 0.15) is 18.8 Å². The number of guanidine groups is 1. The number of rotatable bonds is 33. The predicted molar refractivity (Wildman–Crippen MR) is 257 cm³/mol. The van der Waals surface area contributed by atoms with Crippen molar-refractivity contribution in [1.29, 1.82) is 0 Å². The summed E-state index contributed by atoms with van der Waals surface area (Å²) >= 11 is 0. The van der Waals surface area contributed by atoms with E-state index in [1.165, 1.54) is 51.4 Å². The highest BCUT2D eigenvalue weighted by atomic mass is 16.6. The lowest BCUT2D eigenvalue weighted by Crippen LogP contribution is -2.41. The highest BCUT2D eigenvalue weighted by Gasteiger charge is 2.20. The number of nitrogens with one attached hydrogen (secondary N) is 4. The van der Waals surface area contributed by atoms with Crippen LogP contribution in [0.1, 0.15) is 162 Å². The number of nitrogens with zero attached hydrogens (tertiary/aromatic N) is 1. The minimum absolute atomic E-state index is 0.00423. The molecule has 2 unspecified atom stereocenters. The van der Waals surface area contributed by atoms with E-state index in [0.29, 0.717) is 13.0 Å². The van der Waals surface area contributed by atoms with Crippen LogP contribution in [0.25, 0.3) is 0 Å². The largest absolute Gasteiger partial charge is 0.466 e. The molecule has 2 aromatic carbocycles. The third-order valence-electron chi connectivity index (χ3n) is 9.88. The highest BCUT2D eigenvalue weighted by molar-refractivity contribution is 5.95. The van der Waals surface area contributed by atoms with Crippen LogP contribution in [0, 0.1) is 5.92 Å². The zero-order chi connectivity index (χ0) is 47.8. The fraction of sp³-hybridized carbons (Fsp3) is 0.608. The van der Waals surface area contributed by atoms with Crippen LogP contribution in [0.4, 0.5) is 4.79 Å². The molecule has 0 aliphatic heterocycles. The number of aliphatic imine (C=N–C) groups is 1. The van der Waals surface area contributed by atoms with E-state index in [1.54, 1.807) is 11.9 Å². The van der Waals surface area contributed by atoms with Gasteiger partial charge in [-0.3, -0.25) is 25.2 Å². The summed E-state index contributed by atoms with van der Waals surface area (Å²) in [4.78, 5) is 62.1. The van der Waals surface area contributed by atoms with Crippen molar-refractivity contribution in [2.24, 2.45) is 10.9 Å². The van der Waals surface area contributed by atoms with Crippen LogP contribution >= 0.6 is 0 Å². The van der Waals surface area contributed by atoms with E-state index in [4.69, 9.17) is 18.9 Å². The second kappa shape index (κ2) is 37.8. The van der Waals surface area contributed by atoms with E-state index in [2.05, 4.69) is 40.1 Å². The van der Waals surface area contributed by atoms with Crippen molar-refractivity contribution >= 4 is 36.3 Å². The first kappa shape index (κ1) is 57.4. The molecule has 0 bridgehead atoms. The molecule has 0 saturated carbocycles. The SMILES string of the molecule is CC(CCN=C(NC(=O)OCc1ccccc1)NC(=C=O)OCc1ccccc1)NC(=C=O)OC(C)(C)C.CCCCCCCCC(CCCCCC)C(=O)OCCCCCCNC=O. The molecule has 0 aliphatic rings. The van der Waals surface area contributed by atoms with Crippen LogP contribution in [0.2, 0.25) is 0 Å². The Labute approximate surface area is 389 Å². The molecule has 0 aromatic heterocycles. The topological polar surface area (TPSA) is 183 Å². The number of amides is 2. The average Bonchev–Trinajstić information content (AvgIpc) is 3.29. The van der Waals surface area contributed by atoms with E-state index >= 15 is 0 Å². The lowest BCUT2D eigenvalue weighted by Gasteiger charge is -2.24. The minimum Gasteiger partial charge on any atom is -0.466 e. The number of hydrogen-bond donors (Lipinski definition) is 4. The van der Waals surface area contributed by atoms with Gasteiger partial charge in [-0.05, 0) is 77.3 Å². The number of carbonyl (C=O) groups excluding carboxylic acids is 5. The molecule has 2 amide bonds. The van der Waals surface area contributed by atoms with Crippen LogP contribution in [-0.2, 0) is 51.3 Å². The van der Waals surface area contributed by atoms with Gasteiger partial charge in [-0.2, -0.15) is 0 Å². The number of ether oxygens (including phenoxy) is 4. The number of hydrogen-bond acceptors (Lipinski definition) is 11. The average molecular weight is 906 g/mol. The first-order chi connectivity index (χ1) is 31.4. The second-order valence-corrected chi connectivity index (χ2v) is 17.0. The van der Waals surface area contributed by atoms with Gasteiger partial charge in [0.15, 0.2) is 11.9 Å². The van der Waals surface area contributed by atoms with Gasteiger partial charge in [-0.25, -0.2) is 14.4 Å². The van der Waals surface area contributed by atoms with Crippen molar-refractivity contribution in [2.75, 3.05) is 19.7 Å². The normalized spacial score (nSPS) is 11.8. The Hall–Kier alpha value is -5.58. The van der Waals surface area contributed by atoms with Crippen LogP contribution in [0.3, 0.4) is 0 Å². The molecule has 14 nitrogen and oxygen atoms in total. The van der Waals surface area contributed by atoms with Gasteiger partial charge >= 0.3 is 12.1 Å². The number of benzene rings is 2. The molecule has 65 heavy (non-hydrogen) atoms. The van der Waals surface area contributed by atoms with E-state index in [9.17, 15) is 24.0 Å². The maximum atomic E-state index is 12.5. The Morgan fingerprint density at radius 1 is 0.677 bits per heavy atom. The van der Waals surface area contributed by atoms with Gasteiger partial charge in [0, 0.05) is 19.1 Å². The molecule has 0 radical (unpaired) electrons. The van der Waals surface area contributed by atoms with Crippen LogP contribution < -0.4 is 21.3 Å². The molecule has 4 N–H and O–H groups in total. The molecule has 0 saturated heterocycles. The van der Waals surface area contributed by atoms with Crippen molar-refractivity contribution in [3.05, 3.63) is 83.6 Å². The summed E-state index contributed by atoms with van der Waals surface area (Å²) < 4.78 is 21.8. The van der Waals surface area contributed by atoms with Gasteiger partial charge in [0.25, 0.3) is 11.8 Å². The number of esters is 1. The van der Waals surface area contributed by atoms with Crippen molar-refractivity contribution in [2.45, 2.75) is 176 Å². The zero-order valence-corrected chi connectivity index (χ0v) is 40.2. The van der Waals surface area contributed by atoms with Crippen LogP contribution in [0.15, 0.2) is 77.4 Å². The predicted octanol–water partition coefficient (Wildman–Crippen LogP) is 9.78. The molecule has 0 aliphatic carbocycles. The molecular weight excluding hydrogens is 827 g/mol. The molecule has 0 fully saturated rings. The number of unbranched alkanes of at least 4 members (excludes halogenated alkanes) is 11. The molecule has 362 valence electrons. The van der Waals surface area contributed by atoms with Crippen LogP contribution in [0.5, 0.6) is 0 Å². The molecule has 0 spiro atoms. The van der Waals surface area contributed by atoms with E-state index < -0.39 is 11.7 Å².